The van der Waals surface area contributed by atoms with Crippen molar-refractivity contribution in [3.05, 3.63) is 0 Å². The first-order valence-corrected chi connectivity index (χ1v) is 13.3. The van der Waals surface area contributed by atoms with E-state index >= 15 is 0 Å². The van der Waals surface area contributed by atoms with Crippen molar-refractivity contribution in [1.82, 2.24) is 0 Å². The Kier molecular flexibility index (Phi) is 7.55. The van der Waals surface area contributed by atoms with Crippen molar-refractivity contribution < 1.29 is 9.90 Å². The molecule has 0 spiro atoms. The quantitative estimate of drug-likeness (QED) is 0.461. The van der Waals surface area contributed by atoms with Gasteiger partial charge in [-0.15, -0.1) is 12.8 Å². The first kappa shape index (κ1) is 24.7. The molecule has 0 aromatic heterocycles. The molecule has 0 aromatic carbocycles. The lowest BCUT2D eigenvalue weighted by Crippen LogP contribution is -2.59. The number of hydrogen-bond acceptors (Lipinski definition) is 1. The van der Waals surface area contributed by atoms with Gasteiger partial charge in [-0.2, -0.15) is 0 Å². The minimum Gasteiger partial charge on any atom is -0.481 e. The summed E-state index contributed by atoms with van der Waals surface area (Å²) in [6.45, 7) is 10.4. The number of carboxylic acid groups (broad SMARTS) is 1. The molecule has 0 heterocycles. The largest absolute Gasteiger partial charge is 0.481 e. The van der Waals surface area contributed by atoms with Gasteiger partial charge in [0.15, 0.2) is 0 Å². The molecule has 31 heavy (non-hydrogen) atoms. The molecule has 0 radical (unpaired) electrons. The van der Waals surface area contributed by atoms with Crippen molar-refractivity contribution in [3.63, 3.8) is 0 Å². The van der Waals surface area contributed by atoms with Gasteiger partial charge < -0.3 is 5.11 Å². The maximum absolute atomic E-state index is 11.2. The van der Waals surface area contributed by atoms with Crippen LogP contribution in [0.3, 0.4) is 0 Å². The summed E-state index contributed by atoms with van der Waals surface area (Å²) >= 11 is 0. The van der Waals surface area contributed by atoms with Crippen LogP contribution >= 0.6 is 0 Å². The third-order valence-electron chi connectivity index (χ3n) is 11.2. The average Bonchev–Trinajstić information content (AvgIpc) is 2.92. The molecule has 2 nitrogen and oxygen atoms in total. The van der Waals surface area contributed by atoms with Crippen LogP contribution in [-0.4, -0.2) is 11.1 Å². The molecule has 4 aliphatic carbocycles. The second kappa shape index (κ2) is 9.49. The molecule has 2 heteroatoms. The molecule has 0 aliphatic heterocycles. The molecule has 0 saturated heterocycles. The fourth-order valence-corrected chi connectivity index (χ4v) is 9.87. The van der Waals surface area contributed by atoms with E-state index in [1.165, 1.54) is 77.0 Å². The smallest absolute Gasteiger partial charge is 0.303 e. The summed E-state index contributed by atoms with van der Waals surface area (Å²) in [4.78, 5) is 11.2. The summed E-state index contributed by atoms with van der Waals surface area (Å²) in [5.74, 6) is 3.37. The molecule has 4 saturated carbocycles. The van der Waals surface area contributed by atoms with Crippen molar-refractivity contribution >= 4 is 5.97 Å². The van der Waals surface area contributed by atoms with Gasteiger partial charge in [0, 0.05) is 6.42 Å². The minimum absolute atomic E-state index is 0.345. The van der Waals surface area contributed by atoms with Gasteiger partial charge in [-0.05, 0) is 104 Å². The van der Waals surface area contributed by atoms with Crippen LogP contribution in [0.15, 0.2) is 0 Å². The lowest BCUT2D eigenvalue weighted by molar-refractivity contribution is -0.183. The van der Waals surface area contributed by atoms with Gasteiger partial charge >= 0.3 is 5.97 Å². The SMILES string of the molecule is C#C.C[C@H](CCC(=O)O)C1CCCCC2[C@]1(C)CCC1C3(C)CCCC[C@H]3CC[C@]12C. The molecular weight excluding hydrogens is 380 g/mol. The van der Waals surface area contributed by atoms with Crippen molar-refractivity contribution in [1.29, 1.82) is 0 Å². The van der Waals surface area contributed by atoms with Crippen molar-refractivity contribution in [3.8, 4) is 12.8 Å². The zero-order chi connectivity index (χ0) is 22.9. The molecule has 1 N–H and O–H groups in total. The lowest BCUT2D eigenvalue weighted by Gasteiger charge is -2.67. The van der Waals surface area contributed by atoms with Crippen molar-refractivity contribution in [2.75, 3.05) is 0 Å². The van der Waals surface area contributed by atoms with Crippen molar-refractivity contribution in [2.45, 2.75) is 118 Å². The highest BCUT2D eigenvalue weighted by atomic mass is 16.4. The minimum atomic E-state index is -0.619. The number of rotatable bonds is 4. The van der Waals surface area contributed by atoms with E-state index < -0.39 is 5.97 Å². The summed E-state index contributed by atoms with van der Waals surface area (Å²) in [7, 11) is 0. The second-order valence-corrected chi connectivity index (χ2v) is 12.4. The molecule has 0 amide bonds. The first-order valence-electron chi connectivity index (χ1n) is 13.3. The van der Waals surface area contributed by atoms with E-state index in [1.54, 1.807) is 0 Å². The van der Waals surface area contributed by atoms with E-state index in [-0.39, 0.29) is 0 Å². The normalized spacial score (nSPS) is 45.5. The lowest BCUT2D eigenvalue weighted by atomic mass is 9.38. The monoisotopic (exact) mass is 428 g/mol. The van der Waals surface area contributed by atoms with Crippen LogP contribution in [0.2, 0.25) is 0 Å². The fourth-order valence-electron chi connectivity index (χ4n) is 9.87. The van der Waals surface area contributed by atoms with Crippen LogP contribution in [0.4, 0.5) is 0 Å². The first-order chi connectivity index (χ1) is 14.7. The molecule has 8 atom stereocenters. The zero-order valence-corrected chi connectivity index (χ0v) is 20.8. The maximum Gasteiger partial charge on any atom is 0.303 e. The van der Waals surface area contributed by atoms with Crippen molar-refractivity contribution in [2.24, 2.45) is 45.8 Å². The molecular formula is C29H48O2. The van der Waals surface area contributed by atoms with Gasteiger partial charge in [-0.25, -0.2) is 0 Å². The zero-order valence-electron chi connectivity index (χ0n) is 20.8. The molecule has 4 unspecified atom stereocenters. The fraction of sp³-hybridized carbons (Fsp3) is 0.897. The predicted octanol–water partition coefficient (Wildman–Crippen LogP) is 7.96. The topological polar surface area (TPSA) is 37.3 Å². The molecule has 4 fully saturated rings. The standard InChI is InChI=1S/C27H46O2.C2H2/c1-19(12-13-24(28)29)21-10-5-6-11-22-26(21,3)18-15-23-25(2)16-8-7-9-20(25)14-17-27(22,23)4;1-2/h19-23H,5-18H2,1-4H3,(H,28,29);1-2H/t19-,20+,21?,22?,23?,25?,26-,27+;/m1./s1. The van der Waals surface area contributed by atoms with Crippen LogP contribution < -0.4 is 0 Å². The van der Waals surface area contributed by atoms with Gasteiger partial charge in [0.25, 0.3) is 0 Å². The highest BCUT2D eigenvalue weighted by Crippen LogP contribution is 2.71. The van der Waals surface area contributed by atoms with E-state index in [4.69, 9.17) is 0 Å². The average molecular weight is 429 g/mol. The van der Waals surface area contributed by atoms with Crippen LogP contribution in [0.25, 0.3) is 0 Å². The Balaban J connectivity index is 0.00000132. The summed E-state index contributed by atoms with van der Waals surface area (Å²) in [5.41, 5.74) is 1.51. The Morgan fingerprint density at radius 2 is 1.45 bits per heavy atom. The Labute approximate surface area is 192 Å². The third kappa shape index (κ3) is 4.20. The summed E-state index contributed by atoms with van der Waals surface area (Å²) in [6.07, 6.45) is 26.3. The number of carbonyl (C=O) groups is 1. The highest BCUT2D eigenvalue weighted by molar-refractivity contribution is 5.66. The molecule has 0 bridgehead atoms. The number of terminal acetylenes is 1. The predicted molar refractivity (Wildman–Crippen MR) is 130 cm³/mol. The number of hydrogen-bond donors (Lipinski definition) is 1. The van der Waals surface area contributed by atoms with Gasteiger partial charge in [0.05, 0.1) is 0 Å². The number of aliphatic carboxylic acids is 1. The van der Waals surface area contributed by atoms with Gasteiger partial charge in [0.2, 0.25) is 0 Å². The summed E-state index contributed by atoms with van der Waals surface area (Å²) in [6, 6.07) is 0. The number of carboxylic acids is 1. The third-order valence-corrected chi connectivity index (χ3v) is 11.2. The molecule has 4 aliphatic rings. The van der Waals surface area contributed by atoms with Gasteiger partial charge in [-0.3, -0.25) is 4.79 Å². The Bertz CT molecular complexity index is 652. The molecule has 0 aromatic rings. The van der Waals surface area contributed by atoms with Crippen LogP contribution in [0, 0.1) is 58.7 Å². The Morgan fingerprint density at radius 1 is 0.839 bits per heavy atom. The Morgan fingerprint density at radius 3 is 2.16 bits per heavy atom. The highest BCUT2D eigenvalue weighted by Gasteiger charge is 2.63. The number of fused-ring (bicyclic) bond motifs is 5. The second-order valence-electron chi connectivity index (χ2n) is 12.4. The summed E-state index contributed by atoms with van der Waals surface area (Å²) in [5, 5.41) is 9.25. The van der Waals surface area contributed by atoms with Crippen LogP contribution in [0.1, 0.15) is 118 Å². The van der Waals surface area contributed by atoms with E-state index in [1.807, 2.05) is 0 Å². The van der Waals surface area contributed by atoms with Gasteiger partial charge in [-0.1, -0.05) is 53.4 Å². The van der Waals surface area contributed by atoms with E-state index in [2.05, 4.69) is 40.5 Å². The molecule has 4 rings (SSSR count). The van der Waals surface area contributed by atoms with Crippen LogP contribution in [-0.2, 0) is 4.79 Å². The Hall–Kier alpha value is -0.970. The van der Waals surface area contributed by atoms with Crippen LogP contribution in [0.5, 0.6) is 0 Å². The van der Waals surface area contributed by atoms with E-state index in [0.717, 1.165) is 24.2 Å². The van der Waals surface area contributed by atoms with Gasteiger partial charge in [0.1, 0.15) is 0 Å². The van der Waals surface area contributed by atoms with E-state index in [0.29, 0.717) is 34.5 Å². The van der Waals surface area contributed by atoms with E-state index in [9.17, 15) is 9.90 Å². The maximum atomic E-state index is 11.2. The summed E-state index contributed by atoms with van der Waals surface area (Å²) < 4.78 is 0. The molecule has 176 valence electrons.